The van der Waals surface area contributed by atoms with Gasteiger partial charge in [0.1, 0.15) is 6.54 Å². The molecule has 0 bridgehead atoms. The summed E-state index contributed by atoms with van der Waals surface area (Å²) in [6.07, 6.45) is 2.27. The second-order valence-corrected chi connectivity index (χ2v) is 9.77. The second-order valence-electron chi connectivity index (χ2n) is 7.82. The van der Waals surface area contributed by atoms with Gasteiger partial charge >= 0.3 is 0 Å². The molecule has 35 heavy (non-hydrogen) atoms. The van der Waals surface area contributed by atoms with Gasteiger partial charge in [0.05, 0.1) is 20.8 Å². The van der Waals surface area contributed by atoms with Crippen LogP contribution in [0.3, 0.4) is 0 Å². The van der Waals surface area contributed by atoms with E-state index in [1.54, 1.807) is 54.7 Å². The summed E-state index contributed by atoms with van der Waals surface area (Å²) < 4.78 is 11.5. The number of methoxy groups -OCH3 is 2. The van der Waals surface area contributed by atoms with Crippen LogP contribution < -0.4 is 9.47 Å². The summed E-state index contributed by atoms with van der Waals surface area (Å²) in [5.41, 5.74) is 1.55. The van der Waals surface area contributed by atoms with Crippen molar-refractivity contribution in [2.75, 3.05) is 33.9 Å². The van der Waals surface area contributed by atoms with Crippen molar-refractivity contribution in [1.29, 1.82) is 0 Å². The molecule has 0 aliphatic rings. The molecule has 0 fully saturated rings. The van der Waals surface area contributed by atoms with Crippen LogP contribution in [0.1, 0.15) is 20.8 Å². The van der Waals surface area contributed by atoms with Crippen LogP contribution in [0, 0.1) is 0 Å². The Morgan fingerprint density at radius 1 is 1.03 bits per heavy atom. The number of thiophene rings is 1. The van der Waals surface area contributed by atoms with Gasteiger partial charge in [0.25, 0.3) is 5.91 Å². The van der Waals surface area contributed by atoms with E-state index >= 15 is 0 Å². The van der Waals surface area contributed by atoms with Crippen LogP contribution in [0.4, 0.5) is 0 Å². The molecular weight excluding hydrogens is 528 g/mol. The van der Waals surface area contributed by atoms with E-state index in [0.29, 0.717) is 36.6 Å². The average molecular weight is 558 g/mol. The Balaban J connectivity index is 1.76. The van der Waals surface area contributed by atoms with E-state index in [9.17, 15) is 9.59 Å². The topological polar surface area (TPSA) is 59.1 Å². The lowest BCUT2D eigenvalue weighted by molar-refractivity contribution is -0.132. The molecule has 8 heteroatoms. The highest BCUT2D eigenvalue weighted by molar-refractivity contribution is 9.10. The van der Waals surface area contributed by atoms with Crippen molar-refractivity contribution in [3.05, 3.63) is 93.1 Å². The predicted molar refractivity (Wildman–Crippen MR) is 143 cm³/mol. The zero-order chi connectivity index (χ0) is 25.2. The Labute approximate surface area is 218 Å². The summed E-state index contributed by atoms with van der Waals surface area (Å²) in [5.74, 6) is 0.978. The number of rotatable bonds is 12. The molecule has 0 aliphatic carbocycles. The Morgan fingerprint density at radius 2 is 1.83 bits per heavy atom. The zero-order valence-corrected chi connectivity index (χ0v) is 22.3. The third kappa shape index (κ3) is 7.44. The van der Waals surface area contributed by atoms with Crippen LogP contribution in [-0.4, -0.2) is 55.5 Å². The van der Waals surface area contributed by atoms with E-state index in [1.165, 1.54) is 4.90 Å². The molecule has 0 atom stereocenters. The van der Waals surface area contributed by atoms with Crippen molar-refractivity contribution in [2.45, 2.75) is 13.0 Å². The summed E-state index contributed by atoms with van der Waals surface area (Å²) in [4.78, 5) is 31.0. The number of nitrogens with zero attached hydrogens (tertiary/aromatic N) is 2. The average Bonchev–Trinajstić information content (AvgIpc) is 3.38. The third-order valence-electron chi connectivity index (χ3n) is 5.43. The number of halogens is 1. The number of carbonyl (C=O) groups is 2. The minimum absolute atomic E-state index is 0.0331. The lowest BCUT2D eigenvalue weighted by atomic mass is 10.1. The molecule has 2 aromatic carbocycles. The Hall–Kier alpha value is -3.10. The Kier molecular flexibility index (Phi) is 9.93. The SMILES string of the molecule is C=CCN(CC(=O)N(CCc1ccc(OC)c(OC)c1)Cc1cccs1)C(=O)c1cccc(Br)c1. The van der Waals surface area contributed by atoms with Crippen molar-refractivity contribution in [3.8, 4) is 11.5 Å². The normalized spacial score (nSPS) is 10.5. The molecule has 3 aromatic rings. The van der Waals surface area contributed by atoms with Crippen LogP contribution in [0.25, 0.3) is 0 Å². The van der Waals surface area contributed by atoms with Crippen molar-refractivity contribution in [2.24, 2.45) is 0 Å². The molecule has 0 aliphatic heterocycles. The van der Waals surface area contributed by atoms with Gasteiger partial charge in [-0.1, -0.05) is 40.2 Å². The first kappa shape index (κ1) is 26.5. The van der Waals surface area contributed by atoms with Gasteiger partial charge in [0, 0.05) is 28.0 Å². The van der Waals surface area contributed by atoms with E-state index < -0.39 is 0 Å². The van der Waals surface area contributed by atoms with E-state index in [0.717, 1.165) is 14.9 Å². The molecule has 184 valence electrons. The highest BCUT2D eigenvalue weighted by Gasteiger charge is 2.22. The van der Waals surface area contributed by atoms with Crippen molar-refractivity contribution in [3.63, 3.8) is 0 Å². The van der Waals surface area contributed by atoms with Crippen LogP contribution in [0.15, 0.2) is 77.1 Å². The maximum absolute atomic E-state index is 13.5. The van der Waals surface area contributed by atoms with E-state index in [-0.39, 0.29) is 24.9 Å². The van der Waals surface area contributed by atoms with Gasteiger partial charge in [-0.05, 0) is 53.8 Å². The number of benzene rings is 2. The molecule has 0 spiro atoms. The van der Waals surface area contributed by atoms with Gasteiger partial charge in [0.15, 0.2) is 11.5 Å². The summed E-state index contributed by atoms with van der Waals surface area (Å²) in [6.45, 7) is 4.99. The molecule has 0 N–H and O–H groups in total. The standard InChI is InChI=1S/C27H29BrN2O4S/c1-4-13-30(27(32)21-7-5-8-22(28)17-21)19-26(31)29(18-23-9-6-15-35-23)14-12-20-10-11-24(33-2)25(16-20)34-3/h4-11,15-17H,1,12-14,18-19H2,2-3H3. The largest absolute Gasteiger partial charge is 0.493 e. The summed E-state index contributed by atoms with van der Waals surface area (Å²) >= 11 is 5.01. The van der Waals surface area contributed by atoms with Gasteiger partial charge in [-0.3, -0.25) is 9.59 Å². The van der Waals surface area contributed by atoms with Gasteiger partial charge in [-0.2, -0.15) is 0 Å². The number of ether oxygens (including phenoxy) is 2. The van der Waals surface area contributed by atoms with E-state index in [4.69, 9.17) is 9.47 Å². The molecule has 0 saturated carbocycles. The first-order valence-electron chi connectivity index (χ1n) is 11.1. The predicted octanol–water partition coefficient (Wildman–Crippen LogP) is 5.43. The number of hydrogen-bond donors (Lipinski definition) is 0. The fraction of sp³-hybridized carbons (Fsp3) is 0.259. The van der Waals surface area contributed by atoms with Gasteiger partial charge < -0.3 is 19.3 Å². The maximum atomic E-state index is 13.5. The smallest absolute Gasteiger partial charge is 0.254 e. The monoisotopic (exact) mass is 556 g/mol. The van der Waals surface area contributed by atoms with Crippen molar-refractivity contribution in [1.82, 2.24) is 9.80 Å². The minimum Gasteiger partial charge on any atom is -0.493 e. The van der Waals surface area contributed by atoms with E-state index in [1.807, 2.05) is 41.8 Å². The fourth-order valence-electron chi connectivity index (χ4n) is 3.63. The molecule has 6 nitrogen and oxygen atoms in total. The fourth-order valence-corrected chi connectivity index (χ4v) is 4.74. The molecule has 1 aromatic heterocycles. The highest BCUT2D eigenvalue weighted by Crippen LogP contribution is 2.28. The molecule has 1 heterocycles. The molecular formula is C27H29BrN2O4S. The number of hydrogen-bond acceptors (Lipinski definition) is 5. The summed E-state index contributed by atoms with van der Waals surface area (Å²) in [7, 11) is 3.20. The molecule has 0 saturated heterocycles. The summed E-state index contributed by atoms with van der Waals surface area (Å²) in [6, 6.07) is 16.9. The van der Waals surface area contributed by atoms with Gasteiger partial charge in [-0.15, -0.1) is 17.9 Å². The number of carbonyl (C=O) groups excluding carboxylic acids is 2. The van der Waals surface area contributed by atoms with Crippen LogP contribution in [-0.2, 0) is 17.8 Å². The highest BCUT2D eigenvalue weighted by atomic mass is 79.9. The maximum Gasteiger partial charge on any atom is 0.254 e. The van der Waals surface area contributed by atoms with Crippen LogP contribution >= 0.6 is 27.3 Å². The lowest BCUT2D eigenvalue weighted by Crippen LogP contribution is -2.43. The quantitative estimate of drug-likeness (QED) is 0.279. The Morgan fingerprint density at radius 3 is 2.49 bits per heavy atom. The van der Waals surface area contributed by atoms with Gasteiger partial charge in [-0.25, -0.2) is 0 Å². The lowest BCUT2D eigenvalue weighted by Gasteiger charge is -2.27. The third-order valence-corrected chi connectivity index (χ3v) is 6.79. The molecule has 0 radical (unpaired) electrons. The van der Waals surface area contributed by atoms with E-state index in [2.05, 4.69) is 22.5 Å². The van der Waals surface area contributed by atoms with Crippen molar-refractivity contribution >= 4 is 39.1 Å². The molecule has 2 amide bonds. The van der Waals surface area contributed by atoms with Crippen LogP contribution in [0.2, 0.25) is 0 Å². The van der Waals surface area contributed by atoms with Crippen molar-refractivity contribution < 1.29 is 19.1 Å². The Bertz CT molecular complexity index is 1150. The second kappa shape index (κ2) is 13.1. The number of amides is 2. The first-order chi connectivity index (χ1) is 16.9. The minimum atomic E-state index is -0.212. The zero-order valence-electron chi connectivity index (χ0n) is 19.9. The summed E-state index contributed by atoms with van der Waals surface area (Å²) in [5, 5.41) is 1.99. The molecule has 3 rings (SSSR count). The first-order valence-corrected chi connectivity index (χ1v) is 12.8. The van der Waals surface area contributed by atoms with Gasteiger partial charge in [0.2, 0.25) is 5.91 Å². The van der Waals surface area contributed by atoms with Crippen LogP contribution in [0.5, 0.6) is 11.5 Å². The molecule has 0 unspecified atom stereocenters.